The number of benzene rings is 3. The molecule has 3 rings (SSSR count). The molecule has 0 unspecified atom stereocenters. The molecule has 0 aliphatic carbocycles. The Bertz CT molecular complexity index is 830. The zero-order chi connectivity index (χ0) is 17.6. The maximum Gasteiger partial charge on any atom is 0.119 e. The summed E-state index contributed by atoms with van der Waals surface area (Å²) in [6.45, 7) is 3.25. The van der Waals surface area contributed by atoms with Crippen molar-refractivity contribution >= 4 is 28.9 Å². The maximum absolute atomic E-state index is 6.15. The second-order valence-electron chi connectivity index (χ2n) is 5.88. The van der Waals surface area contributed by atoms with Crippen LogP contribution in [-0.4, -0.2) is 0 Å². The van der Waals surface area contributed by atoms with E-state index in [0.717, 1.165) is 39.2 Å². The zero-order valence-electron chi connectivity index (χ0n) is 13.9. The molecule has 0 saturated carbocycles. The van der Waals surface area contributed by atoms with Crippen LogP contribution in [0.5, 0.6) is 5.75 Å². The van der Waals surface area contributed by atoms with Crippen LogP contribution in [0.1, 0.15) is 16.7 Å². The van der Waals surface area contributed by atoms with E-state index in [2.05, 4.69) is 17.4 Å². The van der Waals surface area contributed by atoms with Gasteiger partial charge in [-0.25, -0.2) is 0 Å². The summed E-state index contributed by atoms with van der Waals surface area (Å²) >= 11 is 12.0. The summed E-state index contributed by atoms with van der Waals surface area (Å²) in [5.41, 5.74) is 4.36. The number of aryl methyl sites for hydroxylation is 1. The number of anilines is 1. The van der Waals surface area contributed by atoms with E-state index >= 15 is 0 Å². The van der Waals surface area contributed by atoms with Gasteiger partial charge in [0.05, 0.1) is 0 Å². The zero-order valence-corrected chi connectivity index (χ0v) is 15.4. The van der Waals surface area contributed by atoms with Crippen molar-refractivity contribution in [2.24, 2.45) is 0 Å². The van der Waals surface area contributed by atoms with Crippen LogP contribution in [0.15, 0.2) is 66.7 Å². The van der Waals surface area contributed by atoms with E-state index in [1.807, 2.05) is 61.5 Å². The van der Waals surface area contributed by atoms with Crippen LogP contribution in [0.25, 0.3) is 0 Å². The summed E-state index contributed by atoms with van der Waals surface area (Å²) in [7, 11) is 0. The summed E-state index contributed by atoms with van der Waals surface area (Å²) in [6.07, 6.45) is 0. The first-order chi connectivity index (χ1) is 12.1. The van der Waals surface area contributed by atoms with Crippen molar-refractivity contribution < 1.29 is 4.74 Å². The monoisotopic (exact) mass is 371 g/mol. The van der Waals surface area contributed by atoms with Crippen molar-refractivity contribution in [3.05, 3.63) is 93.5 Å². The molecule has 4 heteroatoms. The van der Waals surface area contributed by atoms with Crippen LogP contribution in [-0.2, 0) is 13.2 Å². The third-order valence-corrected chi connectivity index (χ3v) is 4.57. The van der Waals surface area contributed by atoms with Crippen LogP contribution in [0.2, 0.25) is 10.0 Å². The molecule has 3 aromatic carbocycles. The van der Waals surface area contributed by atoms with Gasteiger partial charge in [0.1, 0.15) is 12.4 Å². The van der Waals surface area contributed by atoms with Gasteiger partial charge < -0.3 is 10.1 Å². The van der Waals surface area contributed by atoms with E-state index in [9.17, 15) is 0 Å². The van der Waals surface area contributed by atoms with Gasteiger partial charge in [-0.15, -0.1) is 0 Å². The molecule has 0 atom stereocenters. The first-order valence-electron chi connectivity index (χ1n) is 8.06. The van der Waals surface area contributed by atoms with Gasteiger partial charge in [-0.05, 0) is 60.0 Å². The van der Waals surface area contributed by atoms with Crippen molar-refractivity contribution in [2.45, 2.75) is 20.1 Å². The summed E-state index contributed by atoms with van der Waals surface area (Å²) in [5.74, 6) is 0.845. The Kier molecular flexibility index (Phi) is 5.85. The van der Waals surface area contributed by atoms with E-state index in [1.165, 1.54) is 5.56 Å². The van der Waals surface area contributed by atoms with E-state index in [4.69, 9.17) is 27.9 Å². The summed E-state index contributed by atoms with van der Waals surface area (Å²) < 4.78 is 5.80. The van der Waals surface area contributed by atoms with E-state index in [0.29, 0.717) is 6.61 Å². The molecule has 25 heavy (non-hydrogen) atoms. The average molecular weight is 372 g/mol. The number of ether oxygens (including phenoxy) is 1. The highest BCUT2D eigenvalue weighted by Crippen LogP contribution is 2.21. The number of halogens is 2. The average Bonchev–Trinajstić information content (AvgIpc) is 2.63. The quantitative estimate of drug-likeness (QED) is 0.534. The van der Waals surface area contributed by atoms with Crippen molar-refractivity contribution in [3.63, 3.8) is 0 Å². The molecule has 0 saturated heterocycles. The Morgan fingerprint density at radius 3 is 2.20 bits per heavy atom. The van der Waals surface area contributed by atoms with E-state index in [1.54, 1.807) is 0 Å². The largest absolute Gasteiger partial charge is 0.489 e. The predicted molar refractivity (Wildman–Crippen MR) is 106 cm³/mol. The molecule has 0 aliphatic rings. The predicted octanol–water partition coefficient (Wildman–Crippen LogP) is 6.49. The van der Waals surface area contributed by atoms with Gasteiger partial charge in [0, 0.05) is 22.3 Å². The molecule has 0 radical (unpaired) electrons. The molecular formula is C21H19Cl2NO. The van der Waals surface area contributed by atoms with Crippen molar-refractivity contribution in [1.82, 2.24) is 0 Å². The minimum atomic E-state index is 0.524. The fourth-order valence-corrected chi connectivity index (χ4v) is 2.66. The van der Waals surface area contributed by atoms with Gasteiger partial charge in [-0.3, -0.25) is 0 Å². The van der Waals surface area contributed by atoms with Gasteiger partial charge in [0.2, 0.25) is 0 Å². The van der Waals surface area contributed by atoms with Gasteiger partial charge in [-0.2, -0.15) is 0 Å². The van der Waals surface area contributed by atoms with E-state index < -0.39 is 0 Å². The van der Waals surface area contributed by atoms with Crippen molar-refractivity contribution in [1.29, 1.82) is 0 Å². The van der Waals surface area contributed by atoms with Crippen LogP contribution < -0.4 is 10.1 Å². The molecular weight excluding hydrogens is 353 g/mol. The Balaban J connectivity index is 1.53. The van der Waals surface area contributed by atoms with Gasteiger partial charge in [0.25, 0.3) is 0 Å². The molecule has 3 aromatic rings. The number of hydrogen-bond donors (Lipinski definition) is 1. The molecule has 0 bridgehead atoms. The minimum Gasteiger partial charge on any atom is -0.489 e. The fraction of sp³-hybridized carbons (Fsp3) is 0.143. The SMILES string of the molecule is Cc1ccc(NCc2ccc(OCc3ccc(Cl)cc3)cc2)cc1Cl. The molecule has 0 spiro atoms. The Morgan fingerprint density at radius 1 is 0.840 bits per heavy atom. The molecule has 0 heterocycles. The van der Waals surface area contributed by atoms with Gasteiger partial charge in [-0.1, -0.05) is 53.5 Å². The third kappa shape index (κ3) is 5.15. The molecule has 0 amide bonds. The Hall–Kier alpha value is -2.16. The lowest BCUT2D eigenvalue weighted by Gasteiger charge is -2.10. The molecule has 128 valence electrons. The molecule has 0 aliphatic heterocycles. The molecule has 1 N–H and O–H groups in total. The van der Waals surface area contributed by atoms with Gasteiger partial charge in [0.15, 0.2) is 0 Å². The highest BCUT2D eigenvalue weighted by molar-refractivity contribution is 6.31. The van der Waals surface area contributed by atoms with Crippen LogP contribution in [0.4, 0.5) is 5.69 Å². The smallest absolute Gasteiger partial charge is 0.119 e. The minimum absolute atomic E-state index is 0.524. The maximum atomic E-state index is 6.15. The highest BCUT2D eigenvalue weighted by Gasteiger charge is 2.00. The van der Waals surface area contributed by atoms with Crippen LogP contribution >= 0.6 is 23.2 Å². The lowest BCUT2D eigenvalue weighted by atomic mass is 10.2. The van der Waals surface area contributed by atoms with E-state index in [-0.39, 0.29) is 0 Å². The Labute approximate surface area is 158 Å². The third-order valence-electron chi connectivity index (χ3n) is 3.91. The standard InChI is InChI=1S/C21H19Cl2NO/c1-15-2-9-19(12-21(15)23)24-13-16-5-10-20(11-6-16)25-14-17-3-7-18(22)8-4-17/h2-12,24H,13-14H2,1H3. The Morgan fingerprint density at radius 2 is 1.52 bits per heavy atom. The molecule has 0 aromatic heterocycles. The fourth-order valence-electron chi connectivity index (χ4n) is 2.36. The summed E-state index contributed by atoms with van der Waals surface area (Å²) in [6, 6.07) is 21.7. The topological polar surface area (TPSA) is 21.3 Å². The first-order valence-corrected chi connectivity index (χ1v) is 8.82. The van der Waals surface area contributed by atoms with Crippen LogP contribution in [0.3, 0.4) is 0 Å². The first kappa shape index (κ1) is 17.7. The summed E-state index contributed by atoms with van der Waals surface area (Å²) in [4.78, 5) is 0. The second kappa shape index (κ2) is 8.28. The number of rotatable bonds is 6. The number of hydrogen-bond acceptors (Lipinski definition) is 2. The summed E-state index contributed by atoms with van der Waals surface area (Å²) in [5, 5.41) is 4.88. The second-order valence-corrected chi connectivity index (χ2v) is 6.72. The van der Waals surface area contributed by atoms with Crippen LogP contribution in [0, 0.1) is 6.92 Å². The normalized spacial score (nSPS) is 10.5. The lowest BCUT2D eigenvalue weighted by Crippen LogP contribution is -2.00. The molecule has 2 nitrogen and oxygen atoms in total. The van der Waals surface area contributed by atoms with Gasteiger partial charge >= 0.3 is 0 Å². The lowest BCUT2D eigenvalue weighted by molar-refractivity contribution is 0.306. The number of nitrogens with one attached hydrogen (secondary N) is 1. The molecule has 0 fully saturated rings. The highest BCUT2D eigenvalue weighted by atomic mass is 35.5. The van der Waals surface area contributed by atoms with Crippen molar-refractivity contribution in [3.8, 4) is 5.75 Å². The van der Waals surface area contributed by atoms with Crippen molar-refractivity contribution in [2.75, 3.05) is 5.32 Å².